The molecule has 0 aliphatic heterocycles. The van der Waals surface area contributed by atoms with E-state index in [0.29, 0.717) is 5.92 Å². The van der Waals surface area contributed by atoms with Crippen molar-refractivity contribution in [1.29, 1.82) is 0 Å². The first-order valence-corrected chi connectivity index (χ1v) is 7.87. The second-order valence-electron chi connectivity index (χ2n) is 5.22. The Morgan fingerprint density at radius 2 is 2.26 bits per heavy atom. The Morgan fingerprint density at radius 3 is 2.95 bits per heavy atom. The number of benzene rings is 1. The van der Waals surface area contributed by atoms with Crippen molar-refractivity contribution in [3.63, 3.8) is 0 Å². The summed E-state index contributed by atoms with van der Waals surface area (Å²) >= 11 is 1.57. The Bertz CT molecular complexity index is 409. The first kappa shape index (κ1) is 14.8. The molecule has 2 atom stereocenters. The molecule has 0 heterocycles. The standard InChI is InChI=1S/C15H22FNOS/c1-17-15(11-18)9-4-5-12(15)8-10-19-14-7-3-2-6-13(14)16/h2-3,6-7,12,17-18H,4-5,8-11H2,1H3. The number of likely N-dealkylation sites (N-methyl/N-ethyl adjacent to an activating group) is 1. The van der Waals surface area contributed by atoms with Crippen molar-refractivity contribution in [1.82, 2.24) is 5.32 Å². The first-order chi connectivity index (χ1) is 9.22. The van der Waals surface area contributed by atoms with Gasteiger partial charge in [0.15, 0.2) is 0 Å². The predicted molar refractivity (Wildman–Crippen MR) is 78.0 cm³/mol. The lowest BCUT2D eigenvalue weighted by Crippen LogP contribution is -2.49. The zero-order valence-electron chi connectivity index (χ0n) is 11.4. The Hall–Kier alpha value is -0.580. The normalized spacial score (nSPS) is 26.8. The molecule has 0 aromatic heterocycles. The third-order valence-corrected chi connectivity index (χ3v) is 5.38. The van der Waals surface area contributed by atoms with Crippen LogP contribution in [-0.2, 0) is 0 Å². The number of hydrogen-bond donors (Lipinski definition) is 2. The van der Waals surface area contributed by atoms with Crippen molar-refractivity contribution in [2.45, 2.75) is 36.1 Å². The quantitative estimate of drug-likeness (QED) is 0.787. The van der Waals surface area contributed by atoms with Gasteiger partial charge in [-0.25, -0.2) is 4.39 Å². The van der Waals surface area contributed by atoms with Crippen molar-refractivity contribution in [3.8, 4) is 0 Å². The van der Waals surface area contributed by atoms with Crippen molar-refractivity contribution < 1.29 is 9.50 Å². The second kappa shape index (κ2) is 6.73. The molecule has 1 fully saturated rings. The minimum Gasteiger partial charge on any atom is -0.394 e. The molecule has 1 aliphatic carbocycles. The third kappa shape index (κ3) is 3.30. The van der Waals surface area contributed by atoms with E-state index in [1.807, 2.05) is 19.2 Å². The lowest BCUT2D eigenvalue weighted by Gasteiger charge is -2.33. The highest BCUT2D eigenvalue weighted by atomic mass is 32.2. The minimum absolute atomic E-state index is 0.115. The largest absolute Gasteiger partial charge is 0.394 e. The Kier molecular flexibility index (Phi) is 5.25. The Labute approximate surface area is 118 Å². The van der Waals surface area contributed by atoms with Crippen molar-refractivity contribution in [2.24, 2.45) is 5.92 Å². The van der Waals surface area contributed by atoms with E-state index in [-0.39, 0.29) is 18.0 Å². The van der Waals surface area contributed by atoms with Gasteiger partial charge in [-0.2, -0.15) is 0 Å². The average molecular weight is 283 g/mol. The molecular weight excluding hydrogens is 261 g/mol. The lowest BCUT2D eigenvalue weighted by molar-refractivity contribution is 0.130. The van der Waals surface area contributed by atoms with Crippen molar-refractivity contribution in [2.75, 3.05) is 19.4 Å². The van der Waals surface area contributed by atoms with Crippen molar-refractivity contribution in [3.05, 3.63) is 30.1 Å². The van der Waals surface area contributed by atoms with Gasteiger partial charge < -0.3 is 10.4 Å². The van der Waals surface area contributed by atoms with E-state index < -0.39 is 0 Å². The number of halogens is 1. The SMILES string of the molecule is CNC1(CO)CCCC1CCSc1ccccc1F. The highest BCUT2D eigenvalue weighted by Crippen LogP contribution is 2.38. The summed E-state index contributed by atoms with van der Waals surface area (Å²) in [5, 5.41) is 12.9. The molecule has 1 aromatic carbocycles. The van der Waals surface area contributed by atoms with Gasteiger partial charge in [-0.3, -0.25) is 0 Å². The van der Waals surface area contributed by atoms with Gasteiger partial charge in [0.25, 0.3) is 0 Å². The van der Waals surface area contributed by atoms with Gasteiger partial charge in [0.1, 0.15) is 5.82 Å². The summed E-state index contributed by atoms with van der Waals surface area (Å²) < 4.78 is 13.5. The smallest absolute Gasteiger partial charge is 0.136 e. The van der Waals surface area contributed by atoms with E-state index in [0.717, 1.165) is 36.3 Å². The van der Waals surface area contributed by atoms with E-state index in [9.17, 15) is 9.50 Å². The zero-order valence-corrected chi connectivity index (χ0v) is 12.2. The molecule has 19 heavy (non-hydrogen) atoms. The van der Waals surface area contributed by atoms with Crippen LogP contribution in [0.1, 0.15) is 25.7 Å². The minimum atomic E-state index is -0.138. The molecule has 0 amide bonds. The maximum Gasteiger partial charge on any atom is 0.136 e. The topological polar surface area (TPSA) is 32.3 Å². The van der Waals surface area contributed by atoms with Crippen LogP contribution < -0.4 is 5.32 Å². The molecule has 2 rings (SSSR count). The van der Waals surface area contributed by atoms with Crippen LogP contribution in [-0.4, -0.2) is 30.1 Å². The van der Waals surface area contributed by atoms with Gasteiger partial charge in [-0.05, 0) is 50.1 Å². The fourth-order valence-electron chi connectivity index (χ4n) is 3.05. The maximum absolute atomic E-state index is 13.5. The molecule has 106 valence electrons. The van der Waals surface area contributed by atoms with E-state index in [2.05, 4.69) is 5.32 Å². The van der Waals surface area contributed by atoms with E-state index >= 15 is 0 Å². The van der Waals surface area contributed by atoms with Gasteiger partial charge in [-0.15, -0.1) is 11.8 Å². The number of nitrogens with one attached hydrogen (secondary N) is 1. The number of rotatable bonds is 6. The van der Waals surface area contributed by atoms with Crippen LogP contribution >= 0.6 is 11.8 Å². The number of thioether (sulfide) groups is 1. The molecule has 0 saturated heterocycles. The van der Waals surface area contributed by atoms with Crippen LogP contribution in [0.4, 0.5) is 4.39 Å². The zero-order chi connectivity index (χ0) is 13.7. The molecule has 1 saturated carbocycles. The van der Waals surface area contributed by atoms with Gasteiger partial charge in [0.2, 0.25) is 0 Å². The summed E-state index contributed by atoms with van der Waals surface area (Å²) in [6.07, 6.45) is 4.37. The maximum atomic E-state index is 13.5. The van der Waals surface area contributed by atoms with Gasteiger partial charge in [-0.1, -0.05) is 18.6 Å². The molecule has 1 aliphatic rings. The fraction of sp³-hybridized carbons (Fsp3) is 0.600. The summed E-state index contributed by atoms with van der Waals surface area (Å²) in [4.78, 5) is 0.722. The highest BCUT2D eigenvalue weighted by molar-refractivity contribution is 7.99. The monoisotopic (exact) mass is 283 g/mol. The van der Waals surface area contributed by atoms with Crippen LogP contribution in [0.15, 0.2) is 29.2 Å². The molecular formula is C15H22FNOS. The molecule has 4 heteroatoms. The molecule has 0 radical (unpaired) electrons. The van der Waals surface area contributed by atoms with E-state index in [1.54, 1.807) is 17.8 Å². The van der Waals surface area contributed by atoms with E-state index in [1.165, 1.54) is 6.07 Å². The van der Waals surface area contributed by atoms with Gasteiger partial charge in [0, 0.05) is 10.4 Å². The molecule has 0 bridgehead atoms. The fourth-order valence-corrected chi connectivity index (χ4v) is 4.06. The summed E-state index contributed by atoms with van der Waals surface area (Å²) in [5.74, 6) is 1.25. The summed E-state index contributed by atoms with van der Waals surface area (Å²) in [6.45, 7) is 0.193. The summed E-state index contributed by atoms with van der Waals surface area (Å²) in [6, 6.07) is 6.91. The molecule has 2 N–H and O–H groups in total. The molecule has 1 aromatic rings. The first-order valence-electron chi connectivity index (χ1n) is 6.89. The third-order valence-electron chi connectivity index (χ3n) is 4.30. The van der Waals surface area contributed by atoms with Crippen LogP contribution in [0, 0.1) is 11.7 Å². The average Bonchev–Trinajstić information content (AvgIpc) is 2.84. The highest BCUT2D eigenvalue weighted by Gasteiger charge is 2.40. The van der Waals surface area contributed by atoms with Crippen LogP contribution in [0.5, 0.6) is 0 Å². The van der Waals surface area contributed by atoms with E-state index in [4.69, 9.17) is 0 Å². The molecule has 2 unspecified atom stereocenters. The van der Waals surface area contributed by atoms with Gasteiger partial charge in [0.05, 0.1) is 6.61 Å². The van der Waals surface area contributed by atoms with Crippen LogP contribution in [0.25, 0.3) is 0 Å². The Balaban J connectivity index is 1.87. The molecule has 0 spiro atoms. The number of aliphatic hydroxyl groups excluding tert-OH is 1. The number of hydrogen-bond acceptors (Lipinski definition) is 3. The van der Waals surface area contributed by atoms with Crippen LogP contribution in [0.2, 0.25) is 0 Å². The Morgan fingerprint density at radius 1 is 1.47 bits per heavy atom. The number of aliphatic hydroxyl groups is 1. The van der Waals surface area contributed by atoms with Crippen LogP contribution in [0.3, 0.4) is 0 Å². The summed E-state index contributed by atoms with van der Waals surface area (Å²) in [5.41, 5.74) is -0.115. The second-order valence-corrected chi connectivity index (χ2v) is 6.36. The predicted octanol–water partition coefficient (Wildman–Crippen LogP) is 3.06. The summed E-state index contributed by atoms with van der Waals surface area (Å²) in [7, 11) is 1.93. The van der Waals surface area contributed by atoms with Crippen molar-refractivity contribution >= 4 is 11.8 Å². The lowest BCUT2D eigenvalue weighted by atomic mass is 9.86. The van der Waals surface area contributed by atoms with Gasteiger partial charge >= 0.3 is 0 Å². The molecule has 2 nitrogen and oxygen atoms in total.